The van der Waals surface area contributed by atoms with E-state index < -0.39 is 0 Å². The molecule has 0 saturated carbocycles. The van der Waals surface area contributed by atoms with Crippen molar-refractivity contribution >= 4 is 35.5 Å². The summed E-state index contributed by atoms with van der Waals surface area (Å²) in [5, 5.41) is 15.2. The molecule has 4 N–H and O–H groups in total. The van der Waals surface area contributed by atoms with Crippen molar-refractivity contribution in [3.63, 3.8) is 0 Å². The van der Waals surface area contributed by atoms with Crippen LogP contribution in [0.15, 0.2) is 58.8 Å². The van der Waals surface area contributed by atoms with Gasteiger partial charge in [0.25, 0.3) is 5.95 Å². The summed E-state index contributed by atoms with van der Waals surface area (Å²) in [6.07, 6.45) is 1.62. The average molecular weight is 442 g/mol. The summed E-state index contributed by atoms with van der Waals surface area (Å²) >= 11 is 1.16. The van der Waals surface area contributed by atoms with Crippen LogP contribution in [0.3, 0.4) is 0 Å². The van der Waals surface area contributed by atoms with Gasteiger partial charge in [-0.3, -0.25) is 4.79 Å². The Kier molecular flexibility index (Phi) is 7.71. The molecule has 0 saturated heterocycles. The number of carbonyl (C=O) groups excluding carboxylic acids is 1. The number of methoxy groups -OCH3 is 1. The van der Waals surface area contributed by atoms with Crippen molar-refractivity contribution in [1.82, 2.24) is 14.9 Å². The molecule has 3 rings (SSSR count). The summed E-state index contributed by atoms with van der Waals surface area (Å²) in [6, 6.07) is 14.6. The maximum Gasteiger partial charge on any atom is 0.264 e. The first kappa shape index (κ1) is 22.0. The zero-order valence-corrected chi connectivity index (χ0v) is 17.9. The highest BCUT2D eigenvalue weighted by Crippen LogP contribution is 2.19. The van der Waals surface area contributed by atoms with E-state index >= 15 is 0 Å². The monoisotopic (exact) mass is 441 g/mol. The second-order valence-corrected chi connectivity index (χ2v) is 7.06. The van der Waals surface area contributed by atoms with Crippen LogP contribution in [0.5, 0.6) is 11.5 Å². The molecule has 0 fully saturated rings. The summed E-state index contributed by atoms with van der Waals surface area (Å²) in [5.74, 6) is 7.60. The van der Waals surface area contributed by atoms with Gasteiger partial charge in [-0.25, -0.2) is 10.1 Å². The number of benzene rings is 2. The van der Waals surface area contributed by atoms with Gasteiger partial charge in [0.1, 0.15) is 11.5 Å². The number of rotatable bonds is 10. The standard InChI is InChI=1S/C20H23N7O3S/c1-3-30-16-9-7-14(8-10-16)12-22-24-19-25-26-20(27(19)21)31-13-18(28)23-15-5-4-6-17(11-15)29-2/h4-12H,3,13,21H2,1-2H3,(H,23,28)(H,24,25)/b22-12+. The van der Waals surface area contributed by atoms with Gasteiger partial charge in [0.2, 0.25) is 11.1 Å². The molecule has 0 radical (unpaired) electrons. The van der Waals surface area contributed by atoms with Crippen LogP contribution in [0, 0.1) is 0 Å². The number of amides is 1. The van der Waals surface area contributed by atoms with Crippen LogP contribution in [-0.4, -0.2) is 46.5 Å². The Hall–Kier alpha value is -3.73. The number of nitrogens with one attached hydrogen (secondary N) is 2. The number of hydrazone groups is 1. The largest absolute Gasteiger partial charge is 0.497 e. The first-order chi connectivity index (χ1) is 15.1. The zero-order valence-electron chi connectivity index (χ0n) is 17.1. The first-order valence-electron chi connectivity index (χ1n) is 9.38. The molecule has 0 unspecified atom stereocenters. The Morgan fingerprint density at radius 1 is 1.23 bits per heavy atom. The molecule has 10 nitrogen and oxygen atoms in total. The van der Waals surface area contributed by atoms with E-state index in [1.54, 1.807) is 37.6 Å². The average Bonchev–Trinajstić information content (AvgIpc) is 3.13. The predicted molar refractivity (Wildman–Crippen MR) is 121 cm³/mol. The third-order valence-electron chi connectivity index (χ3n) is 3.92. The van der Waals surface area contributed by atoms with Crippen LogP contribution in [0.2, 0.25) is 0 Å². The van der Waals surface area contributed by atoms with Gasteiger partial charge in [0.05, 0.1) is 25.7 Å². The Balaban J connectivity index is 1.50. The van der Waals surface area contributed by atoms with E-state index in [1.165, 1.54) is 4.68 Å². The number of carbonyl (C=O) groups is 1. The molecular formula is C20H23N7O3S. The van der Waals surface area contributed by atoms with E-state index in [0.717, 1.165) is 23.1 Å². The molecule has 0 atom stereocenters. The van der Waals surface area contributed by atoms with Gasteiger partial charge in [-0.05, 0) is 48.9 Å². The van der Waals surface area contributed by atoms with Crippen molar-refractivity contribution < 1.29 is 14.3 Å². The number of anilines is 2. The number of nitrogens with zero attached hydrogens (tertiary/aromatic N) is 4. The Bertz CT molecular complexity index is 1040. The van der Waals surface area contributed by atoms with Gasteiger partial charge in [-0.1, -0.05) is 17.8 Å². The third-order valence-corrected chi connectivity index (χ3v) is 4.86. The molecule has 0 spiro atoms. The minimum Gasteiger partial charge on any atom is -0.497 e. The van der Waals surface area contributed by atoms with Gasteiger partial charge in [0.15, 0.2) is 0 Å². The lowest BCUT2D eigenvalue weighted by molar-refractivity contribution is -0.113. The summed E-state index contributed by atoms with van der Waals surface area (Å²) in [6.45, 7) is 2.55. The molecule has 1 aromatic heterocycles. The Morgan fingerprint density at radius 2 is 2.03 bits per heavy atom. The maximum atomic E-state index is 12.2. The molecule has 11 heteroatoms. The number of nitrogens with two attached hydrogens (primary N) is 1. The van der Waals surface area contributed by atoms with Crippen LogP contribution >= 0.6 is 11.8 Å². The molecule has 0 bridgehead atoms. The van der Waals surface area contributed by atoms with Gasteiger partial charge in [-0.2, -0.15) is 5.10 Å². The summed E-state index contributed by atoms with van der Waals surface area (Å²) in [4.78, 5) is 12.2. The van der Waals surface area contributed by atoms with Gasteiger partial charge < -0.3 is 20.6 Å². The third kappa shape index (κ3) is 6.37. The normalized spacial score (nSPS) is 10.8. The number of hydrogen-bond donors (Lipinski definition) is 3. The fraction of sp³-hybridized carbons (Fsp3) is 0.200. The molecule has 162 valence electrons. The zero-order chi connectivity index (χ0) is 22.1. The molecule has 0 aliphatic heterocycles. The van der Waals surface area contributed by atoms with Gasteiger partial charge >= 0.3 is 0 Å². The lowest BCUT2D eigenvalue weighted by Crippen LogP contribution is -2.16. The summed E-state index contributed by atoms with van der Waals surface area (Å²) in [7, 11) is 1.57. The SMILES string of the molecule is CCOc1ccc(/C=N/Nc2nnc(SCC(=O)Nc3cccc(OC)c3)n2N)cc1. The second-order valence-electron chi connectivity index (χ2n) is 6.12. The van der Waals surface area contributed by atoms with Gasteiger partial charge in [0, 0.05) is 11.8 Å². The van der Waals surface area contributed by atoms with Crippen LogP contribution in [0.25, 0.3) is 0 Å². The highest BCUT2D eigenvalue weighted by molar-refractivity contribution is 7.99. The molecule has 2 aromatic carbocycles. The fourth-order valence-electron chi connectivity index (χ4n) is 2.46. The van der Waals surface area contributed by atoms with E-state index in [0.29, 0.717) is 23.2 Å². The quantitative estimate of drug-likeness (QED) is 0.189. The number of ether oxygens (including phenoxy) is 2. The predicted octanol–water partition coefficient (Wildman–Crippen LogP) is 2.58. The van der Waals surface area contributed by atoms with Gasteiger partial charge in [-0.15, -0.1) is 10.2 Å². The van der Waals surface area contributed by atoms with Crippen LogP contribution in [0.1, 0.15) is 12.5 Å². The second kappa shape index (κ2) is 10.9. The highest BCUT2D eigenvalue weighted by Gasteiger charge is 2.12. The van der Waals surface area contributed by atoms with E-state index in [9.17, 15) is 4.79 Å². The molecule has 0 aliphatic rings. The minimum absolute atomic E-state index is 0.113. The van der Waals surface area contributed by atoms with Crippen molar-refractivity contribution in [3.8, 4) is 11.5 Å². The van der Waals surface area contributed by atoms with Crippen molar-refractivity contribution in [2.24, 2.45) is 5.10 Å². The maximum absolute atomic E-state index is 12.2. The lowest BCUT2D eigenvalue weighted by atomic mass is 10.2. The lowest BCUT2D eigenvalue weighted by Gasteiger charge is -2.07. The minimum atomic E-state index is -0.204. The molecule has 1 heterocycles. The smallest absolute Gasteiger partial charge is 0.264 e. The van der Waals surface area contributed by atoms with Crippen molar-refractivity contribution in [1.29, 1.82) is 0 Å². The van der Waals surface area contributed by atoms with E-state index in [-0.39, 0.29) is 17.6 Å². The topological polar surface area (TPSA) is 129 Å². The number of thioether (sulfide) groups is 1. The Morgan fingerprint density at radius 3 is 2.77 bits per heavy atom. The Labute approximate surface area is 183 Å². The van der Waals surface area contributed by atoms with E-state index in [4.69, 9.17) is 15.3 Å². The van der Waals surface area contributed by atoms with E-state index in [2.05, 4.69) is 26.0 Å². The highest BCUT2D eigenvalue weighted by atomic mass is 32.2. The number of hydrogen-bond acceptors (Lipinski definition) is 9. The number of nitrogen functional groups attached to an aromatic ring is 1. The molecule has 3 aromatic rings. The van der Waals surface area contributed by atoms with Crippen LogP contribution < -0.4 is 26.1 Å². The molecule has 0 aliphatic carbocycles. The fourth-order valence-corrected chi connectivity index (χ4v) is 3.12. The van der Waals surface area contributed by atoms with Crippen molar-refractivity contribution in [3.05, 3.63) is 54.1 Å². The van der Waals surface area contributed by atoms with Crippen molar-refractivity contribution in [2.75, 3.05) is 36.1 Å². The first-order valence-corrected chi connectivity index (χ1v) is 10.4. The van der Waals surface area contributed by atoms with Crippen LogP contribution in [-0.2, 0) is 4.79 Å². The molecule has 1 amide bonds. The number of aromatic nitrogens is 3. The summed E-state index contributed by atoms with van der Waals surface area (Å²) in [5.41, 5.74) is 4.26. The van der Waals surface area contributed by atoms with E-state index in [1.807, 2.05) is 31.2 Å². The summed E-state index contributed by atoms with van der Waals surface area (Å²) < 4.78 is 11.8. The van der Waals surface area contributed by atoms with Crippen molar-refractivity contribution in [2.45, 2.75) is 12.1 Å². The molecular weight excluding hydrogens is 418 g/mol. The van der Waals surface area contributed by atoms with Crippen LogP contribution in [0.4, 0.5) is 11.6 Å². The molecule has 31 heavy (non-hydrogen) atoms.